The van der Waals surface area contributed by atoms with Gasteiger partial charge in [0.05, 0.1) is 22.6 Å². The minimum absolute atomic E-state index is 0.393. The molecule has 1 aromatic carbocycles. The van der Waals surface area contributed by atoms with Crippen LogP contribution in [0.15, 0.2) is 30.3 Å². The van der Waals surface area contributed by atoms with Crippen molar-refractivity contribution in [1.82, 2.24) is 14.7 Å². The molecule has 0 aliphatic heterocycles. The van der Waals surface area contributed by atoms with Gasteiger partial charge in [0, 0.05) is 13.6 Å². The number of carbonyl (C=O) groups excluding carboxylic acids is 2. The van der Waals surface area contributed by atoms with E-state index >= 15 is 0 Å². The highest BCUT2D eigenvalue weighted by atomic mass is 16.2. The fourth-order valence-electron chi connectivity index (χ4n) is 2.22. The van der Waals surface area contributed by atoms with Crippen LogP contribution in [0.4, 0.5) is 0 Å². The summed E-state index contributed by atoms with van der Waals surface area (Å²) in [6, 6.07) is 9.55. The molecular weight excluding hydrogens is 266 g/mol. The average Bonchev–Trinajstić information content (AvgIpc) is 2.80. The van der Waals surface area contributed by atoms with Crippen LogP contribution in [-0.4, -0.2) is 40.0 Å². The van der Waals surface area contributed by atoms with Gasteiger partial charge >= 0.3 is 0 Å². The van der Waals surface area contributed by atoms with Crippen molar-refractivity contribution in [2.24, 2.45) is 0 Å². The van der Waals surface area contributed by atoms with Crippen molar-refractivity contribution in [3.05, 3.63) is 47.3 Å². The maximum atomic E-state index is 12.4. The lowest BCUT2D eigenvalue weighted by molar-refractivity contribution is -0.125. The van der Waals surface area contributed by atoms with E-state index in [9.17, 15) is 9.59 Å². The highest BCUT2D eigenvalue weighted by Gasteiger charge is 2.26. The number of aryl methyl sites for hydroxylation is 1. The van der Waals surface area contributed by atoms with E-state index in [0.29, 0.717) is 23.5 Å². The number of carbonyl (C=O) groups is 2. The van der Waals surface area contributed by atoms with E-state index in [4.69, 9.17) is 0 Å². The molecule has 0 spiro atoms. The van der Waals surface area contributed by atoms with E-state index in [-0.39, 0.29) is 0 Å². The third-order valence-corrected chi connectivity index (χ3v) is 3.53. The standard InChI is InChI=1S/C16H19N3O2/c1-5-18(4)16(21)15(20)14-11(2)17-19(12(14)3)13-9-7-6-8-10-13/h6-10H,5H2,1-4H3. The van der Waals surface area contributed by atoms with Gasteiger partial charge < -0.3 is 4.90 Å². The smallest absolute Gasteiger partial charge is 0.294 e. The molecule has 0 bridgehead atoms. The Morgan fingerprint density at radius 3 is 2.38 bits per heavy atom. The molecule has 1 aromatic heterocycles. The van der Waals surface area contributed by atoms with Crippen LogP contribution in [0.5, 0.6) is 0 Å². The molecule has 0 radical (unpaired) electrons. The van der Waals surface area contributed by atoms with E-state index in [0.717, 1.165) is 5.69 Å². The van der Waals surface area contributed by atoms with Gasteiger partial charge in [-0.1, -0.05) is 18.2 Å². The van der Waals surface area contributed by atoms with Crippen LogP contribution in [0.3, 0.4) is 0 Å². The number of aromatic nitrogens is 2. The highest BCUT2D eigenvalue weighted by Crippen LogP contribution is 2.18. The summed E-state index contributed by atoms with van der Waals surface area (Å²) in [5, 5.41) is 4.39. The number of nitrogens with zero attached hydrogens (tertiary/aromatic N) is 3. The van der Waals surface area contributed by atoms with Gasteiger partial charge in [0.2, 0.25) is 0 Å². The Labute approximate surface area is 124 Å². The molecule has 0 saturated carbocycles. The predicted molar refractivity (Wildman–Crippen MR) is 80.7 cm³/mol. The maximum absolute atomic E-state index is 12.4. The summed E-state index contributed by atoms with van der Waals surface area (Å²) in [5.41, 5.74) is 2.51. The van der Waals surface area contributed by atoms with Gasteiger partial charge in [-0.3, -0.25) is 9.59 Å². The molecular formula is C16H19N3O2. The highest BCUT2D eigenvalue weighted by molar-refractivity contribution is 6.43. The van der Waals surface area contributed by atoms with Gasteiger partial charge in [0.15, 0.2) is 0 Å². The molecule has 21 heavy (non-hydrogen) atoms. The second-order valence-electron chi connectivity index (χ2n) is 4.94. The molecule has 0 saturated heterocycles. The lowest BCUT2D eigenvalue weighted by Gasteiger charge is -2.13. The molecule has 0 aliphatic carbocycles. The number of amides is 1. The van der Waals surface area contributed by atoms with E-state index in [1.807, 2.05) is 37.3 Å². The normalized spacial score (nSPS) is 10.5. The lowest BCUT2D eigenvalue weighted by atomic mass is 10.1. The quantitative estimate of drug-likeness (QED) is 0.639. The molecule has 5 nitrogen and oxygen atoms in total. The monoisotopic (exact) mass is 285 g/mol. The molecule has 0 atom stereocenters. The summed E-state index contributed by atoms with van der Waals surface area (Å²) in [7, 11) is 1.62. The molecule has 5 heteroatoms. The Balaban J connectivity index is 2.45. The molecule has 2 rings (SSSR count). The molecule has 0 unspecified atom stereocenters. The summed E-state index contributed by atoms with van der Waals surface area (Å²) in [6.45, 7) is 5.88. The number of likely N-dealkylation sites (N-methyl/N-ethyl adjacent to an activating group) is 1. The van der Waals surface area contributed by atoms with Crippen molar-refractivity contribution in [3.63, 3.8) is 0 Å². The van der Waals surface area contributed by atoms with E-state index in [2.05, 4.69) is 5.10 Å². The number of para-hydroxylation sites is 1. The minimum Gasteiger partial charge on any atom is -0.339 e. The summed E-state index contributed by atoms with van der Waals surface area (Å²) in [4.78, 5) is 25.9. The Morgan fingerprint density at radius 2 is 1.81 bits per heavy atom. The van der Waals surface area contributed by atoms with E-state index in [1.165, 1.54) is 4.90 Å². The Bertz CT molecular complexity index is 674. The first-order valence-corrected chi connectivity index (χ1v) is 6.88. The number of hydrogen-bond acceptors (Lipinski definition) is 3. The molecule has 2 aromatic rings. The third kappa shape index (κ3) is 2.72. The zero-order chi connectivity index (χ0) is 15.6. The SMILES string of the molecule is CCN(C)C(=O)C(=O)c1c(C)nn(-c2ccccc2)c1C. The Hall–Kier alpha value is -2.43. The summed E-state index contributed by atoms with van der Waals surface area (Å²) in [6.07, 6.45) is 0. The second-order valence-corrected chi connectivity index (χ2v) is 4.94. The zero-order valence-electron chi connectivity index (χ0n) is 12.8. The van der Waals surface area contributed by atoms with Crippen LogP contribution in [0, 0.1) is 13.8 Å². The van der Waals surface area contributed by atoms with E-state index < -0.39 is 11.7 Å². The molecule has 110 valence electrons. The van der Waals surface area contributed by atoms with Crippen LogP contribution in [-0.2, 0) is 4.79 Å². The summed E-state index contributed by atoms with van der Waals surface area (Å²) >= 11 is 0. The number of rotatable bonds is 4. The lowest BCUT2D eigenvalue weighted by Crippen LogP contribution is -2.33. The van der Waals surface area contributed by atoms with Crippen LogP contribution in [0.1, 0.15) is 28.7 Å². The summed E-state index contributed by atoms with van der Waals surface area (Å²) < 4.78 is 1.70. The van der Waals surface area contributed by atoms with Gasteiger partial charge in [-0.15, -0.1) is 0 Å². The van der Waals surface area contributed by atoms with Crippen LogP contribution in [0.2, 0.25) is 0 Å². The Morgan fingerprint density at radius 1 is 1.19 bits per heavy atom. The topological polar surface area (TPSA) is 55.2 Å². The first kappa shape index (κ1) is 15.0. The molecule has 0 aliphatic rings. The van der Waals surface area contributed by atoms with Crippen molar-refractivity contribution in [2.45, 2.75) is 20.8 Å². The number of ketones is 1. The third-order valence-electron chi connectivity index (χ3n) is 3.53. The molecule has 0 fully saturated rings. The second kappa shape index (κ2) is 5.91. The first-order valence-electron chi connectivity index (χ1n) is 6.88. The fraction of sp³-hybridized carbons (Fsp3) is 0.312. The van der Waals surface area contributed by atoms with Crippen molar-refractivity contribution < 1.29 is 9.59 Å². The first-order chi connectivity index (χ1) is 9.97. The van der Waals surface area contributed by atoms with Crippen molar-refractivity contribution in [3.8, 4) is 5.69 Å². The molecule has 1 amide bonds. The predicted octanol–water partition coefficient (Wildman–Crippen LogP) is 2.15. The van der Waals surface area contributed by atoms with Crippen molar-refractivity contribution in [1.29, 1.82) is 0 Å². The van der Waals surface area contributed by atoms with Gasteiger partial charge in [0.25, 0.3) is 11.7 Å². The molecule has 1 heterocycles. The fourth-order valence-corrected chi connectivity index (χ4v) is 2.22. The summed E-state index contributed by atoms with van der Waals surface area (Å²) in [5.74, 6) is -1.01. The number of benzene rings is 1. The van der Waals surface area contributed by atoms with Gasteiger partial charge in [0.1, 0.15) is 0 Å². The average molecular weight is 285 g/mol. The van der Waals surface area contributed by atoms with Crippen LogP contribution < -0.4 is 0 Å². The van der Waals surface area contributed by atoms with E-state index in [1.54, 1.807) is 25.6 Å². The molecule has 0 N–H and O–H groups in total. The van der Waals surface area contributed by atoms with Gasteiger partial charge in [-0.05, 0) is 32.9 Å². The van der Waals surface area contributed by atoms with Crippen molar-refractivity contribution in [2.75, 3.05) is 13.6 Å². The van der Waals surface area contributed by atoms with Crippen LogP contribution >= 0.6 is 0 Å². The van der Waals surface area contributed by atoms with Crippen molar-refractivity contribution >= 4 is 11.7 Å². The Kier molecular flexibility index (Phi) is 4.21. The maximum Gasteiger partial charge on any atom is 0.294 e. The van der Waals surface area contributed by atoms with Crippen LogP contribution in [0.25, 0.3) is 5.69 Å². The number of hydrogen-bond donors (Lipinski definition) is 0. The zero-order valence-corrected chi connectivity index (χ0v) is 12.8. The number of Topliss-reactive ketones (excluding diaryl/α,β-unsaturated/α-hetero) is 1. The largest absolute Gasteiger partial charge is 0.339 e. The van der Waals surface area contributed by atoms with Gasteiger partial charge in [-0.25, -0.2) is 4.68 Å². The minimum atomic E-state index is -0.503. The van der Waals surface area contributed by atoms with Gasteiger partial charge in [-0.2, -0.15) is 5.10 Å².